The molecule has 4 aromatic carbocycles. The molecule has 5 rings (SSSR count). The van der Waals surface area contributed by atoms with Crippen molar-refractivity contribution in [1.82, 2.24) is 0 Å². The molecule has 0 radical (unpaired) electrons. The lowest BCUT2D eigenvalue weighted by molar-refractivity contribution is 0.765. The van der Waals surface area contributed by atoms with Gasteiger partial charge in [0.2, 0.25) is 0 Å². The highest BCUT2D eigenvalue weighted by molar-refractivity contribution is 6.31. The number of fused-ring (bicyclic) bond motifs is 3. The van der Waals surface area contributed by atoms with Gasteiger partial charge in [0, 0.05) is 10.0 Å². The highest BCUT2D eigenvalue weighted by Crippen LogP contribution is 2.57. The fourth-order valence-electron chi connectivity index (χ4n) is 5.25. The van der Waals surface area contributed by atoms with E-state index < -0.39 is 5.41 Å². The first-order valence-electron chi connectivity index (χ1n) is 11.1. The number of hydrogen-bond acceptors (Lipinski definition) is 0. The molecule has 2 heteroatoms. The second kappa shape index (κ2) is 8.71. The summed E-state index contributed by atoms with van der Waals surface area (Å²) < 4.78 is 0. The minimum absolute atomic E-state index is 0.533. The van der Waals surface area contributed by atoms with Gasteiger partial charge in [0.1, 0.15) is 0 Å². The van der Waals surface area contributed by atoms with Gasteiger partial charge in [-0.1, -0.05) is 96.0 Å². The van der Waals surface area contributed by atoms with Crippen LogP contribution in [0.15, 0.2) is 110 Å². The fourth-order valence-corrected chi connectivity index (χ4v) is 5.60. The molecule has 0 amide bonds. The summed E-state index contributed by atoms with van der Waals surface area (Å²) in [5, 5.41) is 1.45. The van der Waals surface area contributed by atoms with Crippen molar-refractivity contribution in [2.75, 3.05) is 0 Å². The van der Waals surface area contributed by atoms with Gasteiger partial charge in [0.15, 0.2) is 0 Å². The summed E-state index contributed by atoms with van der Waals surface area (Å²) in [5.41, 5.74) is 9.05. The maximum absolute atomic E-state index is 6.61. The van der Waals surface area contributed by atoms with Gasteiger partial charge in [0.05, 0.1) is 5.41 Å². The third-order valence-electron chi connectivity index (χ3n) is 6.54. The Bertz CT molecular complexity index is 1270. The monoisotopic (exact) mass is 466 g/mol. The molecular weight excluding hydrogens is 443 g/mol. The Balaban J connectivity index is 1.94. The molecule has 0 bridgehead atoms. The molecule has 0 atom stereocenters. The van der Waals surface area contributed by atoms with Crippen molar-refractivity contribution < 1.29 is 0 Å². The van der Waals surface area contributed by atoms with E-state index in [1.54, 1.807) is 0 Å². The van der Waals surface area contributed by atoms with Gasteiger partial charge in [-0.2, -0.15) is 0 Å². The van der Waals surface area contributed by atoms with E-state index in [1.807, 2.05) is 24.3 Å². The Kier molecular flexibility index (Phi) is 5.74. The summed E-state index contributed by atoms with van der Waals surface area (Å²) in [7, 11) is 0. The maximum atomic E-state index is 6.61. The van der Waals surface area contributed by atoms with Crippen LogP contribution in [0.2, 0.25) is 10.0 Å². The number of rotatable bonds is 6. The Morgan fingerprint density at radius 1 is 0.606 bits per heavy atom. The first-order chi connectivity index (χ1) is 16.1. The van der Waals surface area contributed by atoms with Crippen LogP contribution in [-0.4, -0.2) is 0 Å². The molecule has 0 aliphatic heterocycles. The summed E-state index contributed by atoms with van der Waals surface area (Å²) >= 11 is 13.2. The van der Waals surface area contributed by atoms with E-state index in [1.165, 1.54) is 44.5 Å². The zero-order valence-corrected chi connectivity index (χ0v) is 19.8. The second-order valence-electron chi connectivity index (χ2n) is 8.52. The molecule has 0 spiro atoms. The Morgan fingerprint density at radius 3 is 1.48 bits per heavy atom. The van der Waals surface area contributed by atoms with Crippen molar-refractivity contribution in [3.05, 3.63) is 154 Å². The summed E-state index contributed by atoms with van der Waals surface area (Å²) in [6, 6.07) is 30.0. The minimum atomic E-state index is -0.533. The van der Waals surface area contributed by atoms with Crippen molar-refractivity contribution in [3.8, 4) is 11.1 Å². The molecule has 0 aromatic heterocycles. The van der Waals surface area contributed by atoms with Gasteiger partial charge >= 0.3 is 0 Å². The van der Waals surface area contributed by atoms with Crippen LogP contribution in [0.1, 0.15) is 33.4 Å². The maximum Gasteiger partial charge on any atom is 0.0714 e. The Labute approximate surface area is 205 Å². The first kappa shape index (κ1) is 21.8. The van der Waals surface area contributed by atoms with Gasteiger partial charge in [0.25, 0.3) is 0 Å². The Hall–Kier alpha value is -3.06. The predicted octanol–water partition coefficient (Wildman–Crippen LogP) is 8.81. The third kappa shape index (κ3) is 3.55. The molecule has 0 saturated carbocycles. The van der Waals surface area contributed by atoms with Gasteiger partial charge in [-0.3, -0.25) is 0 Å². The van der Waals surface area contributed by atoms with Crippen LogP contribution < -0.4 is 0 Å². The van der Waals surface area contributed by atoms with Crippen LogP contribution >= 0.6 is 23.2 Å². The van der Waals surface area contributed by atoms with E-state index in [2.05, 4.69) is 86.0 Å². The van der Waals surface area contributed by atoms with Crippen LogP contribution in [0, 0.1) is 0 Å². The van der Waals surface area contributed by atoms with Gasteiger partial charge < -0.3 is 0 Å². The number of allylic oxidation sites excluding steroid dienone is 2. The van der Waals surface area contributed by atoms with Crippen molar-refractivity contribution in [2.24, 2.45) is 0 Å². The molecule has 162 valence electrons. The second-order valence-corrected chi connectivity index (χ2v) is 9.39. The SMILES string of the molecule is C=CCc1cccc(C2(c3cccc(CC=C)c3)c3cc(Cl)ccc3-c3ccc(Cl)cc32)c1. The molecule has 0 fully saturated rings. The predicted molar refractivity (Wildman–Crippen MR) is 142 cm³/mol. The highest BCUT2D eigenvalue weighted by Gasteiger charge is 2.46. The topological polar surface area (TPSA) is 0 Å². The quantitative estimate of drug-likeness (QED) is 0.219. The van der Waals surface area contributed by atoms with Gasteiger partial charge in [-0.15, -0.1) is 13.2 Å². The normalized spacial score (nSPS) is 13.3. The molecule has 4 aromatic rings. The molecule has 0 heterocycles. The van der Waals surface area contributed by atoms with E-state index in [0.29, 0.717) is 0 Å². The molecule has 0 nitrogen and oxygen atoms in total. The van der Waals surface area contributed by atoms with Crippen LogP contribution in [0.3, 0.4) is 0 Å². The lowest BCUT2D eigenvalue weighted by Gasteiger charge is -2.34. The summed E-state index contributed by atoms with van der Waals surface area (Å²) in [5.74, 6) is 0. The van der Waals surface area contributed by atoms with Crippen molar-refractivity contribution >= 4 is 23.2 Å². The molecule has 1 aliphatic rings. The van der Waals surface area contributed by atoms with Crippen molar-refractivity contribution in [2.45, 2.75) is 18.3 Å². The smallest absolute Gasteiger partial charge is 0.0714 e. The lowest BCUT2D eigenvalue weighted by Crippen LogP contribution is -2.29. The fraction of sp³-hybridized carbons (Fsp3) is 0.0968. The summed E-state index contributed by atoms with van der Waals surface area (Å²) in [6.07, 6.45) is 5.51. The van der Waals surface area contributed by atoms with E-state index in [-0.39, 0.29) is 0 Å². The number of halogens is 2. The van der Waals surface area contributed by atoms with Crippen molar-refractivity contribution in [1.29, 1.82) is 0 Å². The van der Waals surface area contributed by atoms with Crippen LogP contribution in [-0.2, 0) is 18.3 Å². The average Bonchev–Trinajstić information content (AvgIpc) is 3.09. The molecule has 0 N–H and O–H groups in total. The molecule has 33 heavy (non-hydrogen) atoms. The summed E-state index contributed by atoms with van der Waals surface area (Å²) in [4.78, 5) is 0. The Morgan fingerprint density at radius 2 is 1.06 bits per heavy atom. The van der Waals surface area contributed by atoms with E-state index in [0.717, 1.165) is 22.9 Å². The molecule has 0 saturated heterocycles. The lowest BCUT2D eigenvalue weighted by atomic mass is 9.67. The largest absolute Gasteiger partial charge is 0.103 e. The molecule has 0 unspecified atom stereocenters. The zero-order chi connectivity index (χ0) is 23.0. The van der Waals surface area contributed by atoms with Gasteiger partial charge in [-0.25, -0.2) is 0 Å². The molecule has 1 aliphatic carbocycles. The third-order valence-corrected chi connectivity index (χ3v) is 7.01. The average molecular weight is 467 g/mol. The first-order valence-corrected chi connectivity index (χ1v) is 11.8. The van der Waals surface area contributed by atoms with Crippen LogP contribution in [0.4, 0.5) is 0 Å². The zero-order valence-electron chi connectivity index (χ0n) is 18.3. The van der Waals surface area contributed by atoms with Crippen LogP contribution in [0.5, 0.6) is 0 Å². The van der Waals surface area contributed by atoms with E-state index >= 15 is 0 Å². The molecular formula is C31H24Cl2. The van der Waals surface area contributed by atoms with Crippen LogP contribution in [0.25, 0.3) is 11.1 Å². The number of hydrogen-bond donors (Lipinski definition) is 0. The highest BCUT2D eigenvalue weighted by atomic mass is 35.5. The minimum Gasteiger partial charge on any atom is -0.103 e. The van der Waals surface area contributed by atoms with E-state index in [9.17, 15) is 0 Å². The van der Waals surface area contributed by atoms with E-state index in [4.69, 9.17) is 23.2 Å². The number of benzene rings is 4. The summed E-state index contributed by atoms with van der Waals surface area (Å²) in [6.45, 7) is 7.88. The standard InChI is InChI=1S/C31H24Cl2/c1-3-7-21-9-5-11-23(17-21)31(24-12-6-10-22(18-24)8-4-2)29-19-25(32)13-15-27(29)28-16-14-26(33)20-30(28)31/h3-6,9-20H,1-2,7-8H2. The van der Waals surface area contributed by atoms with Crippen molar-refractivity contribution in [3.63, 3.8) is 0 Å². The van der Waals surface area contributed by atoms with Gasteiger partial charge in [-0.05, 0) is 81.6 Å².